The third-order valence-electron chi connectivity index (χ3n) is 3.78. The number of carbonyl (C=O) groups is 1. The van der Waals surface area contributed by atoms with E-state index in [4.69, 9.17) is 10.5 Å². The zero-order valence-electron chi connectivity index (χ0n) is 12.7. The highest BCUT2D eigenvalue weighted by Gasteiger charge is 2.17. The van der Waals surface area contributed by atoms with E-state index in [1.807, 2.05) is 30.1 Å². The minimum Gasteiger partial charge on any atom is -0.381 e. The van der Waals surface area contributed by atoms with Crippen LogP contribution in [0.1, 0.15) is 24.0 Å². The lowest BCUT2D eigenvalue weighted by Crippen LogP contribution is -2.43. The average molecular weight is 291 g/mol. The molecular weight excluding hydrogens is 266 g/mol. The molecule has 1 amide bonds. The van der Waals surface area contributed by atoms with Crippen molar-refractivity contribution < 1.29 is 9.53 Å². The lowest BCUT2D eigenvalue weighted by atomic mass is 10.1. The van der Waals surface area contributed by atoms with Crippen molar-refractivity contribution in [3.05, 3.63) is 35.4 Å². The standard InChI is InChI=1S/C16H25N3O2/c1-19(11-14-5-3-2-4-13(14)10-17)12-16(20)18-15-6-8-21-9-7-15/h2-5,15H,6-12,17H2,1H3,(H,18,20). The number of benzene rings is 1. The van der Waals surface area contributed by atoms with Crippen LogP contribution in [0.3, 0.4) is 0 Å². The van der Waals surface area contributed by atoms with E-state index in [2.05, 4.69) is 11.4 Å². The first kappa shape index (κ1) is 15.9. The van der Waals surface area contributed by atoms with E-state index < -0.39 is 0 Å². The van der Waals surface area contributed by atoms with E-state index in [0.29, 0.717) is 13.1 Å². The highest BCUT2D eigenvalue weighted by Crippen LogP contribution is 2.10. The Hall–Kier alpha value is -1.43. The molecule has 1 aliphatic rings. The predicted molar refractivity (Wildman–Crippen MR) is 82.7 cm³/mol. The van der Waals surface area contributed by atoms with E-state index in [9.17, 15) is 4.79 Å². The quantitative estimate of drug-likeness (QED) is 0.816. The first-order chi connectivity index (χ1) is 10.2. The van der Waals surface area contributed by atoms with Crippen LogP contribution in [0.5, 0.6) is 0 Å². The summed E-state index contributed by atoms with van der Waals surface area (Å²) >= 11 is 0. The Labute approximate surface area is 126 Å². The molecule has 1 fully saturated rings. The summed E-state index contributed by atoms with van der Waals surface area (Å²) in [6.07, 6.45) is 1.82. The monoisotopic (exact) mass is 291 g/mol. The Bertz CT molecular complexity index is 459. The highest BCUT2D eigenvalue weighted by atomic mass is 16.5. The van der Waals surface area contributed by atoms with Gasteiger partial charge in [0, 0.05) is 32.3 Å². The maximum absolute atomic E-state index is 12.0. The van der Waals surface area contributed by atoms with Gasteiger partial charge < -0.3 is 15.8 Å². The molecule has 3 N–H and O–H groups in total. The molecule has 116 valence electrons. The van der Waals surface area contributed by atoms with Crippen molar-refractivity contribution in [3.63, 3.8) is 0 Å². The fourth-order valence-electron chi connectivity index (χ4n) is 2.62. The number of ether oxygens (including phenoxy) is 1. The number of likely N-dealkylation sites (N-methyl/N-ethyl adjacent to an activating group) is 1. The molecule has 0 radical (unpaired) electrons. The summed E-state index contributed by atoms with van der Waals surface area (Å²) in [6.45, 7) is 3.14. The summed E-state index contributed by atoms with van der Waals surface area (Å²) in [6, 6.07) is 8.35. The van der Waals surface area contributed by atoms with Gasteiger partial charge in [-0.25, -0.2) is 0 Å². The molecule has 0 atom stereocenters. The van der Waals surface area contributed by atoms with Gasteiger partial charge in [0.2, 0.25) is 5.91 Å². The molecule has 1 saturated heterocycles. The van der Waals surface area contributed by atoms with E-state index in [1.165, 1.54) is 5.56 Å². The summed E-state index contributed by atoms with van der Waals surface area (Å²) in [7, 11) is 1.96. The number of hydrogen-bond acceptors (Lipinski definition) is 4. The molecule has 0 spiro atoms. The topological polar surface area (TPSA) is 67.6 Å². The van der Waals surface area contributed by atoms with Crippen LogP contribution in [-0.2, 0) is 22.6 Å². The number of hydrogen-bond donors (Lipinski definition) is 2. The fraction of sp³-hybridized carbons (Fsp3) is 0.562. The van der Waals surface area contributed by atoms with Gasteiger partial charge in [0.1, 0.15) is 0 Å². The van der Waals surface area contributed by atoms with Gasteiger partial charge in [-0.15, -0.1) is 0 Å². The predicted octanol–water partition coefficient (Wildman–Crippen LogP) is 0.872. The van der Waals surface area contributed by atoms with Gasteiger partial charge in [-0.3, -0.25) is 9.69 Å². The summed E-state index contributed by atoms with van der Waals surface area (Å²) in [5.74, 6) is 0.0784. The van der Waals surface area contributed by atoms with Crippen molar-refractivity contribution in [2.75, 3.05) is 26.8 Å². The van der Waals surface area contributed by atoms with Crippen molar-refractivity contribution in [3.8, 4) is 0 Å². The van der Waals surface area contributed by atoms with Crippen LogP contribution < -0.4 is 11.1 Å². The van der Waals surface area contributed by atoms with Gasteiger partial charge >= 0.3 is 0 Å². The lowest BCUT2D eigenvalue weighted by Gasteiger charge is -2.24. The molecule has 0 saturated carbocycles. The third-order valence-corrected chi connectivity index (χ3v) is 3.78. The van der Waals surface area contributed by atoms with E-state index in [-0.39, 0.29) is 11.9 Å². The zero-order valence-corrected chi connectivity index (χ0v) is 12.7. The minimum atomic E-state index is 0.0784. The van der Waals surface area contributed by atoms with Crippen molar-refractivity contribution in [2.24, 2.45) is 5.73 Å². The van der Waals surface area contributed by atoms with Crippen molar-refractivity contribution in [1.82, 2.24) is 10.2 Å². The molecule has 0 bridgehead atoms. The SMILES string of the molecule is CN(CC(=O)NC1CCOCC1)Cc1ccccc1CN. The second-order valence-electron chi connectivity index (χ2n) is 5.60. The molecule has 5 nitrogen and oxygen atoms in total. The molecule has 0 aromatic heterocycles. The van der Waals surface area contributed by atoms with Gasteiger partial charge in [-0.1, -0.05) is 24.3 Å². The molecule has 0 aliphatic carbocycles. The summed E-state index contributed by atoms with van der Waals surface area (Å²) < 4.78 is 5.29. The largest absolute Gasteiger partial charge is 0.381 e. The second-order valence-corrected chi connectivity index (χ2v) is 5.60. The first-order valence-electron chi connectivity index (χ1n) is 7.51. The Morgan fingerprint density at radius 3 is 2.67 bits per heavy atom. The Morgan fingerprint density at radius 2 is 2.00 bits per heavy atom. The molecule has 2 rings (SSSR count). The molecule has 1 aliphatic heterocycles. The van der Waals surface area contributed by atoms with E-state index >= 15 is 0 Å². The maximum Gasteiger partial charge on any atom is 0.234 e. The Kier molecular flexibility index (Phi) is 6.17. The van der Waals surface area contributed by atoms with Gasteiger partial charge in [0.25, 0.3) is 0 Å². The smallest absolute Gasteiger partial charge is 0.234 e. The number of nitrogens with two attached hydrogens (primary N) is 1. The lowest BCUT2D eigenvalue weighted by molar-refractivity contribution is -0.123. The molecule has 5 heteroatoms. The maximum atomic E-state index is 12.0. The third kappa shape index (κ3) is 5.12. The second kappa shape index (κ2) is 8.12. The Balaban J connectivity index is 1.80. The summed E-state index contributed by atoms with van der Waals surface area (Å²) in [5.41, 5.74) is 8.06. The summed E-state index contributed by atoms with van der Waals surface area (Å²) in [5, 5.41) is 3.08. The molecule has 1 aromatic carbocycles. The normalized spacial score (nSPS) is 16.1. The van der Waals surface area contributed by atoms with E-state index in [0.717, 1.165) is 38.2 Å². The number of nitrogens with zero attached hydrogens (tertiary/aromatic N) is 1. The van der Waals surface area contributed by atoms with Crippen LogP contribution in [0.15, 0.2) is 24.3 Å². The molecule has 21 heavy (non-hydrogen) atoms. The van der Waals surface area contributed by atoms with Crippen LogP contribution in [0, 0.1) is 0 Å². The fourth-order valence-corrected chi connectivity index (χ4v) is 2.62. The zero-order chi connectivity index (χ0) is 15.1. The van der Waals surface area contributed by atoms with Crippen molar-refractivity contribution >= 4 is 5.91 Å². The van der Waals surface area contributed by atoms with Gasteiger partial charge in [0.05, 0.1) is 6.54 Å². The average Bonchev–Trinajstić information content (AvgIpc) is 2.48. The first-order valence-corrected chi connectivity index (χ1v) is 7.51. The number of carbonyl (C=O) groups excluding carboxylic acids is 1. The van der Waals surface area contributed by atoms with Gasteiger partial charge in [-0.2, -0.15) is 0 Å². The van der Waals surface area contributed by atoms with Crippen LogP contribution >= 0.6 is 0 Å². The molecule has 0 unspecified atom stereocenters. The van der Waals surface area contributed by atoms with Crippen molar-refractivity contribution in [2.45, 2.75) is 32.0 Å². The van der Waals surface area contributed by atoms with Crippen molar-refractivity contribution in [1.29, 1.82) is 0 Å². The number of rotatable bonds is 6. The van der Waals surface area contributed by atoms with Crippen LogP contribution in [0.2, 0.25) is 0 Å². The number of nitrogens with one attached hydrogen (secondary N) is 1. The summed E-state index contributed by atoms with van der Waals surface area (Å²) in [4.78, 5) is 14.1. The van der Waals surface area contributed by atoms with Gasteiger partial charge in [-0.05, 0) is 31.0 Å². The van der Waals surface area contributed by atoms with E-state index in [1.54, 1.807) is 0 Å². The molecule has 1 heterocycles. The molecular formula is C16H25N3O2. The highest BCUT2D eigenvalue weighted by molar-refractivity contribution is 5.78. The Morgan fingerprint density at radius 1 is 1.33 bits per heavy atom. The number of amides is 1. The van der Waals surface area contributed by atoms with Crippen LogP contribution in [-0.4, -0.2) is 43.7 Å². The van der Waals surface area contributed by atoms with Crippen LogP contribution in [0.4, 0.5) is 0 Å². The molecule has 1 aromatic rings. The van der Waals surface area contributed by atoms with Crippen LogP contribution in [0.25, 0.3) is 0 Å². The van der Waals surface area contributed by atoms with Gasteiger partial charge in [0.15, 0.2) is 0 Å². The minimum absolute atomic E-state index is 0.0784.